The molecule has 13 heteroatoms. The maximum absolute atomic E-state index is 13.5. The Morgan fingerprint density at radius 2 is 1.80 bits per heavy atom. The third-order valence-electron chi connectivity index (χ3n) is 9.81. The van der Waals surface area contributed by atoms with E-state index in [1.54, 1.807) is 20.0 Å². The van der Waals surface area contributed by atoms with Crippen LogP contribution in [0.5, 0.6) is 0 Å². The van der Waals surface area contributed by atoms with Gasteiger partial charge in [0.2, 0.25) is 5.91 Å². The zero-order valence-corrected chi connectivity index (χ0v) is 31.8. The van der Waals surface area contributed by atoms with E-state index in [9.17, 15) is 9.59 Å². The van der Waals surface area contributed by atoms with E-state index >= 15 is 0 Å². The van der Waals surface area contributed by atoms with Crippen molar-refractivity contribution in [3.8, 4) is 21.8 Å². The molecule has 5 aromatic rings. The Morgan fingerprint density at radius 3 is 2.45 bits per heavy atom. The van der Waals surface area contributed by atoms with Gasteiger partial charge in [-0.1, -0.05) is 23.7 Å². The number of likely N-dealkylation sites (tertiary alicyclic amines) is 2. The summed E-state index contributed by atoms with van der Waals surface area (Å²) in [5.41, 5.74) is 6.71. The summed E-state index contributed by atoms with van der Waals surface area (Å²) in [7, 11) is 1.92. The molecule has 1 atom stereocenters. The largest absolute Gasteiger partial charge is 0.464 e. The molecule has 0 radical (unpaired) electrons. The van der Waals surface area contributed by atoms with E-state index in [0.717, 1.165) is 93.4 Å². The number of aryl methyl sites for hydroxylation is 2. The highest BCUT2D eigenvalue weighted by atomic mass is 35.5. The molecule has 0 spiro atoms. The van der Waals surface area contributed by atoms with Crippen LogP contribution >= 0.6 is 22.9 Å². The fraction of sp³-hybridized carbons (Fsp3) is 0.474. The number of ether oxygens (including phenoxy) is 2. The standard InChI is InChI=1S/C38H44ClN7O4S/c1-8-49-37(48)33(50-38(4,5)6)29-21(2)17-27-34(30(29)23-9-11-25(39)12-10-23)51-36(42-27)28-18-40-35-32(41-28)31(43-44(35)7)24-13-15-45(16-14-24)26-19-46(20-26)22(3)47/h9-12,17-18,24,26,33H,8,13-16,19-20H2,1-7H3/t33-/m0/s1. The van der Waals surface area contributed by atoms with Crippen molar-refractivity contribution in [2.75, 3.05) is 32.8 Å². The molecule has 2 fully saturated rings. The van der Waals surface area contributed by atoms with Crippen molar-refractivity contribution in [3.05, 3.63) is 58.4 Å². The molecule has 0 bridgehead atoms. The maximum atomic E-state index is 13.5. The molecule has 7 rings (SSSR count). The number of nitrogens with zero attached hydrogens (tertiary/aromatic N) is 7. The minimum atomic E-state index is -0.955. The molecule has 0 unspecified atom stereocenters. The van der Waals surface area contributed by atoms with Gasteiger partial charge in [0.1, 0.15) is 16.2 Å². The van der Waals surface area contributed by atoms with Crippen LogP contribution in [0.4, 0.5) is 0 Å². The monoisotopic (exact) mass is 729 g/mol. The van der Waals surface area contributed by atoms with Crippen LogP contribution in [0.25, 0.3) is 43.2 Å². The Kier molecular flexibility index (Phi) is 9.64. The van der Waals surface area contributed by atoms with Gasteiger partial charge in [0.05, 0.1) is 34.3 Å². The van der Waals surface area contributed by atoms with Crippen LogP contribution in [-0.2, 0) is 26.1 Å². The number of halogens is 1. The van der Waals surface area contributed by atoms with E-state index in [0.29, 0.717) is 16.8 Å². The molecule has 2 saturated heterocycles. The minimum absolute atomic E-state index is 0.149. The summed E-state index contributed by atoms with van der Waals surface area (Å²) in [4.78, 5) is 44.7. The Balaban J connectivity index is 1.28. The molecule has 2 aliphatic rings. The summed E-state index contributed by atoms with van der Waals surface area (Å²) in [6.07, 6.45) is 2.76. The van der Waals surface area contributed by atoms with Gasteiger partial charge in [-0.15, -0.1) is 11.3 Å². The molecule has 3 aromatic heterocycles. The number of hydrogen-bond acceptors (Lipinski definition) is 10. The molecule has 0 N–H and O–H groups in total. The van der Waals surface area contributed by atoms with Gasteiger partial charge in [-0.05, 0) is 89.9 Å². The molecule has 2 aromatic carbocycles. The molecule has 0 aliphatic carbocycles. The second kappa shape index (κ2) is 13.9. The average molecular weight is 730 g/mol. The Labute approximate surface area is 306 Å². The highest BCUT2D eigenvalue weighted by Crippen LogP contribution is 2.45. The van der Waals surface area contributed by atoms with Crippen LogP contribution in [0, 0.1) is 6.92 Å². The summed E-state index contributed by atoms with van der Waals surface area (Å²) in [5.74, 6) is -0.0270. The second-order valence-corrected chi connectivity index (χ2v) is 16.0. The SMILES string of the molecule is CCOC(=O)[C@@H](OC(C)(C)C)c1c(C)cc2nc(-c3cnc4c(n3)c(C3CCN(C5CN(C(C)=O)C5)CC3)nn4C)sc2c1-c1ccc(Cl)cc1. The fourth-order valence-corrected chi connectivity index (χ4v) is 8.47. The quantitative estimate of drug-likeness (QED) is 0.154. The number of thiazole rings is 1. The van der Waals surface area contributed by atoms with E-state index in [-0.39, 0.29) is 18.4 Å². The minimum Gasteiger partial charge on any atom is -0.464 e. The van der Waals surface area contributed by atoms with Gasteiger partial charge in [-0.2, -0.15) is 5.10 Å². The zero-order chi connectivity index (χ0) is 36.2. The van der Waals surface area contributed by atoms with Crippen molar-refractivity contribution in [1.29, 1.82) is 0 Å². The highest BCUT2D eigenvalue weighted by molar-refractivity contribution is 7.22. The lowest BCUT2D eigenvalue weighted by atomic mass is 9.91. The van der Waals surface area contributed by atoms with E-state index < -0.39 is 17.7 Å². The Bertz CT molecular complexity index is 2110. The molecule has 11 nitrogen and oxygen atoms in total. The molecule has 51 heavy (non-hydrogen) atoms. The Hall–Kier alpha value is -3.97. The maximum Gasteiger partial charge on any atom is 0.339 e. The van der Waals surface area contributed by atoms with Crippen molar-refractivity contribution >= 4 is 56.2 Å². The topological polar surface area (TPSA) is 116 Å². The molecule has 5 heterocycles. The third-order valence-corrected chi connectivity index (χ3v) is 11.2. The first kappa shape index (κ1) is 35.4. The normalized spacial score (nSPS) is 16.9. The summed E-state index contributed by atoms with van der Waals surface area (Å²) in [6, 6.07) is 10.1. The number of esters is 1. The lowest BCUT2D eigenvalue weighted by molar-refractivity contribution is -0.166. The predicted octanol–water partition coefficient (Wildman–Crippen LogP) is 7.10. The van der Waals surface area contributed by atoms with Gasteiger partial charge in [0.15, 0.2) is 11.8 Å². The van der Waals surface area contributed by atoms with Crippen LogP contribution in [-0.4, -0.2) is 90.8 Å². The van der Waals surface area contributed by atoms with Crippen LogP contribution in [0.3, 0.4) is 0 Å². The fourth-order valence-electron chi connectivity index (χ4n) is 7.27. The predicted molar refractivity (Wildman–Crippen MR) is 200 cm³/mol. The van der Waals surface area contributed by atoms with Crippen molar-refractivity contribution < 1.29 is 19.1 Å². The van der Waals surface area contributed by atoms with E-state index in [1.807, 2.05) is 74.7 Å². The van der Waals surface area contributed by atoms with Crippen LogP contribution < -0.4 is 0 Å². The van der Waals surface area contributed by atoms with E-state index in [2.05, 4.69) is 4.90 Å². The molecule has 268 valence electrons. The summed E-state index contributed by atoms with van der Waals surface area (Å²) < 4.78 is 14.7. The number of amides is 1. The van der Waals surface area contributed by atoms with Crippen molar-refractivity contribution in [2.24, 2.45) is 7.05 Å². The number of rotatable bonds is 8. The molecule has 2 aliphatic heterocycles. The van der Waals surface area contributed by atoms with Gasteiger partial charge in [-0.25, -0.2) is 24.4 Å². The first-order valence-electron chi connectivity index (χ1n) is 17.5. The van der Waals surface area contributed by atoms with Crippen LogP contribution in [0.2, 0.25) is 5.02 Å². The Morgan fingerprint density at radius 1 is 1.10 bits per heavy atom. The summed E-state index contributed by atoms with van der Waals surface area (Å²) >= 11 is 7.85. The number of aromatic nitrogens is 5. The van der Waals surface area contributed by atoms with Crippen LogP contribution in [0.1, 0.15) is 76.3 Å². The zero-order valence-electron chi connectivity index (χ0n) is 30.2. The van der Waals surface area contributed by atoms with Crippen molar-refractivity contribution in [1.82, 2.24) is 34.5 Å². The lowest BCUT2D eigenvalue weighted by Gasteiger charge is -2.47. The van der Waals surface area contributed by atoms with Gasteiger partial charge >= 0.3 is 5.97 Å². The average Bonchev–Trinajstić information content (AvgIpc) is 3.63. The first-order chi connectivity index (χ1) is 24.3. The number of piperidine rings is 1. The summed E-state index contributed by atoms with van der Waals surface area (Å²) in [5, 5.41) is 6.27. The number of carbonyl (C=O) groups excluding carboxylic acids is 2. The van der Waals surface area contributed by atoms with Crippen LogP contribution in [0.15, 0.2) is 36.5 Å². The van der Waals surface area contributed by atoms with Gasteiger partial charge < -0.3 is 14.4 Å². The molecule has 0 saturated carbocycles. The van der Waals surface area contributed by atoms with Crippen molar-refractivity contribution in [2.45, 2.75) is 78.0 Å². The molecular weight excluding hydrogens is 686 g/mol. The van der Waals surface area contributed by atoms with Gasteiger partial charge in [0.25, 0.3) is 0 Å². The van der Waals surface area contributed by atoms with Crippen molar-refractivity contribution in [3.63, 3.8) is 0 Å². The number of benzene rings is 2. The number of fused-ring (bicyclic) bond motifs is 2. The smallest absolute Gasteiger partial charge is 0.339 e. The number of hydrogen-bond donors (Lipinski definition) is 0. The van der Waals surface area contributed by atoms with E-state index in [1.165, 1.54) is 11.3 Å². The second-order valence-electron chi connectivity index (χ2n) is 14.5. The lowest BCUT2D eigenvalue weighted by Crippen LogP contribution is -2.61. The highest BCUT2D eigenvalue weighted by Gasteiger charge is 2.37. The first-order valence-corrected chi connectivity index (χ1v) is 18.7. The van der Waals surface area contributed by atoms with Gasteiger partial charge in [-0.3, -0.25) is 9.69 Å². The number of carbonyl (C=O) groups is 2. The van der Waals surface area contributed by atoms with E-state index in [4.69, 9.17) is 41.1 Å². The summed E-state index contributed by atoms with van der Waals surface area (Å²) in [6.45, 7) is 15.0. The molecular formula is C38H44ClN7O4S. The molecule has 1 amide bonds. The van der Waals surface area contributed by atoms with Gasteiger partial charge in [0, 0.05) is 55.2 Å². The third kappa shape index (κ3) is 6.98.